The van der Waals surface area contributed by atoms with Crippen molar-refractivity contribution in [3.8, 4) is 0 Å². The maximum atomic E-state index is 9.90. The number of ether oxygens (including phenoxy) is 3. The first-order chi connectivity index (χ1) is 9.85. The van der Waals surface area contributed by atoms with Gasteiger partial charge in [-0.2, -0.15) is 0 Å². The number of aliphatic hydroxyl groups excluding tert-OH is 6. The van der Waals surface area contributed by atoms with E-state index in [1.807, 2.05) is 0 Å². The zero-order chi connectivity index (χ0) is 15.7. The largest absolute Gasteiger partial charge is 0.394 e. The van der Waals surface area contributed by atoms with E-state index in [1.165, 1.54) is 0 Å². The van der Waals surface area contributed by atoms with Crippen LogP contribution in [-0.2, 0) is 14.2 Å². The summed E-state index contributed by atoms with van der Waals surface area (Å²) in [4.78, 5) is 0. The molecule has 9 heteroatoms. The molecular formula is C12H22O9. The van der Waals surface area contributed by atoms with Crippen molar-refractivity contribution in [2.75, 3.05) is 6.61 Å². The molecule has 2 fully saturated rings. The van der Waals surface area contributed by atoms with Gasteiger partial charge in [-0.05, 0) is 6.92 Å². The third-order valence-electron chi connectivity index (χ3n) is 3.80. The minimum atomic E-state index is -1.55. The van der Waals surface area contributed by atoms with Crippen LogP contribution in [0.3, 0.4) is 0 Å². The van der Waals surface area contributed by atoms with E-state index in [4.69, 9.17) is 19.3 Å². The van der Waals surface area contributed by atoms with Gasteiger partial charge in [-0.3, -0.25) is 0 Å². The Morgan fingerprint density at radius 2 is 1.67 bits per heavy atom. The van der Waals surface area contributed by atoms with E-state index >= 15 is 0 Å². The second-order valence-corrected chi connectivity index (χ2v) is 5.40. The maximum Gasteiger partial charge on any atom is 0.187 e. The Balaban J connectivity index is 2.03. The molecule has 0 aromatic heterocycles. The van der Waals surface area contributed by atoms with E-state index < -0.39 is 61.9 Å². The minimum absolute atomic E-state index is 0.0631. The van der Waals surface area contributed by atoms with Gasteiger partial charge in [-0.15, -0.1) is 0 Å². The highest BCUT2D eigenvalue weighted by molar-refractivity contribution is 4.90. The van der Waals surface area contributed by atoms with E-state index in [-0.39, 0.29) is 6.42 Å². The van der Waals surface area contributed by atoms with Crippen LogP contribution >= 0.6 is 0 Å². The van der Waals surface area contributed by atoms with Crippen LogP contribution in [0.25, 0.3) is 0 Å². The molecule has 9 nitrogen and oxygen atoms in total. The zero-order valence-electron chi connectivity index (χ0n) is 11.5. The van der Waals surface area contributed by atoms with Gasteiger partial charge in [0.1, 0.15) is 30.5 Å². The van der Waals surface area contributed by atoms with Gasteiger partial charge in [0.05, 0.1) is 18.8 Å². The third-order valence-corrected chi connectivity index (χ3v) is 3.80. The Morgan fingerprint density at radius 1 is 1.00 bits per heavy atom. The number of rotatable bonds is 3. The Morgan fingerprint density at radius 3 is 2.24 bits per heavy atom. The smallest absolute Gasteiger partial charge is 0.187 e. The van der Waals surface area contributed by atoms with Crippen LogP contribution in [0.1, 0.15) is 13.3 Å². The Hall–Kier alpha value is -0.360. The molecule has 6 N–H and O–H groups in total. The predicted octanol–water partition coefficient (Wildman–Crippen LogP) is -3.34. The van der Waals surface area contributed by atoms with E-state index in [9.17, 15) is 25.5 Å². The zero-order valence-corrected chi connectivity index (χ0v) is 11.5. The number of hydrogen-bond donors (Lipinski definition) is 6. The van der Waals surface area contributed by atoms with Crippen molar-refractivity contribution in [2.45, 2.75) is 68.7 Å². The minimum Gasteiger partial charge on any atom is -0.394 e. The molecule has 2 aliphatic heterocycles. The molecular weight excluding hydrogens is 288 g/mol. The number of hydrogen-bond acceptors (Lipinski definition) is 9. The SMILES string of the molecule is C[C@H]1O[C@@H](O)C[C@@H](O)[C@H]1O[C@@H]1O[C@H](CO)[C@@H](O)[C@H](O)[C@H]1O. The van der Waals surface area contributed by atoms with Crippen LogP contribution in [0, 0.1) is 0 Å². The van der Waals surface area contributed by atoms with Crippen LogP contribution < -0.4 is 0 Å². The summed E-state index contributed by atoms with van der Waals surface area (Å²) < 4.78 is 15.7. The van der Waals surface area contributed by atoms with Gasteiger partial charge in [0.15, 0.2) is 12.6 Å². The van der Waals surface area contributed by atoms with Crippen molar-refractivity contribution in [3.63, 3.8) is 0 Å². The summed E-state index contributed by atoms with van der Waals surface area (Å²) in [5.74, 6) is 0. The first-order valence-corrected chi connectivity index (χ1v) is 6.82. The summed E-state index contributed by atoms with van der Waals surface area (Å²) in [6, 6.07) is 0. The van der Waals surface area contributed by atoms with Crippen molar-refractivity contribution in [1.29, 1.82) is 0 Å². The van der Waals surface area contributed by atoms with Gasteiger partial charge in [-0.25, -0.2) is 0 Å². The summed E-state index contributed by atoms with van der Waals surface area (Å²) in [5.41, 5.74) is 0. The van der Waals surface area contributed by atoms with Gasteiger partial charge in [0.25, 0.3) is 0 Å². The van der Waals surface area contributed by atoms with E-state index in [0.29, 0.717) is 0 Å². The lowest BCUT2D eigenvalue weighted by molar-refractivity contribution is -0.338. The maximum absolute atomic E-state index is 9.90. The third kappa shape index (κ3) is 3.52. The van der Waals surface area contributed by atoms with Crippen LogP contribution in [-0.4, -0.2) is 92.6 Å². The van der Waals surface area contributed by atoms with Gasteiger partial charge in [-0.1, -0.05) is 0 Å². The van der Waals surface area contributed by atoms with Crippen molar-refractivity contribution in [1.82, 2.24) is 0 Å². The van der Waals surface area contributed by atoms with Crippen LogP contribution in [0.5, 0.6) is 0 Å². The summed E-state index contributed by atoms with van der Waals surface area (Å²) in [6.45, 7) is 1.00. The molecule has 0 radical (unpaired) electrons. The molecule has 2 aliphatic rings. The fraction of sp³-hybridized carbons (Fsp3) is 1.00. The molecule has 0 unspecified atom stereocenters. The summed E-state index contributed by atoms with van der Waals surface area (Å²) >= 11 is 0. The van der Waals surface area contributed by atoms with Crippen molar-refractivity contribution < 1.29 is 44.8 Å². The first-order valence-electron chi connectivity index (χ1n) is 6.82. The molecule has 9 atom stereocenters. The molecule has 0 aromatic carbocycles. The highest BCUT2D eigenvalue weighted by atomic mass is 16.7. The van der Waals surface area contributed by atoms with Crippen LogP contribution in [0.15, 0.2) is 0 Å². The van der Waals surface area contributed by atoms with Crippen molar-refractivity contribution >= 4 is 0 Å². The fourth-order valence-corrected chi connectivity index (χ4v) is 2.57. The lowest BCUT2D eigenvalue weighted by Crippen LogP contribution is -2.61. The highest BCUT2D eigenvalue weighted by Crippen LogP contribution is 2.27. The topological polar surface area (TPSA) is 149 Å². The molecule has 2 rings (SSSR count). The lowest BCUT2D eigenvalue weighted by Gasteiger charge is -2.43. The molecule has 0 spiro atoms. The Bertz CT molecular complexity index is 327. The average molecular weight is 310 g/mol. The molecule has 2 heterocycles. The lowest BCUT2D eigenvalue weighted by atomic mass is 9.98. The second-order valence-electron chi connectivity index (χ2n) is 5.40. The first kappa shape index (κ1) is 17.0. The standard InChI is InChI=1S/C12H22O9/c1-4-11(5(14)2-7(15)19-4)21-12-10(18)9(17)8(16)6(3-13)20-12/h4-18H,2-3H2,1H3/t4-,5-,6-,7-,8-,9+,10-,11+,12+/m1/s1. The van der Waals surface area contributed by atoms with Gasteiger partial charge >= 0.3 is 0 Å². The molecule has 0 aromatic rings. The predicted molar refractivity (Wildman–Crippen MR) is 65.8 cm³/mol. The summed E-state index contributed by atoms with van der Waals surface area (Å²) in [7, 11) is 0. The molecule has 0 amide bonds. The van der Waals surface area contributed by atoms with E-state index in [2.05, 4.69) is 0 Å². The van der Waals surface area contributed by atoms with Gasteiger partial charge in [0.2, 0.25) is 0 Å². The van der Waals surface area contributed by atoms with Crippen LogP contribution in [0.4, 0.5) is 0 Å². The Labute approximate surface area is 121 Å². The molecule has 2 saturated heterocycles. The fourth-order valence-electron chi connectivity index (χ4n) is 2.57. The second kappa shape index (κ2) is 6.82. The van der Waals surface area contributed by atoms with E-state index in [1.54, 1.807) is 6.92 Å². The monoisotopic (exact) mass is 310 g/mol. The average Bonchev–Trinajstić information content (AvgIpc) is 2.42. The molecule has 0 saturated carbocycles. The quantitative estimate of drug-likeness (QED) is 0.314. The molecule has 0 bridgehead atoms. The number of aliphatic hydroxyl groups is 6. The molecule has 124 valence electrons. The normalized spacial score (nSPS) is 51.9. The van der Waals surface area contributed by atoms with Gasteiger partial charge in [0, 0.05) is 6.42 Å². The van der Waals surface area contributed by atoms with Gasteiger partial charge < -0.3 is 44.8 Å². The molecule has 0 aliphatic carbocycles. The Kier molecular flexibility index (Phi) is 5.52. The van der Waals surface area contributed by atoms with Crippen molar-refractivity contribution in [3.05, 3.63) is 0 Å². The van der Waals surface area contributed by atoms with Crippen LogP contribution in [0.2, 0.25) is 0 Å². The summed E-state index contributed by atoms with van der Waals surface area (Å²) in [5, 5.41) is 57.5. The summed E-state index contributed by atoms with van der Waals surface area (Å²) in [6.07, 6.45) is -10.8. The van der Waals surface area contributed by atoms with Crippen molar-refractivity contribution in [2.24, 2.45) is 0 Å². The highest BCUT2D eigenvalue weighted by Gasteiger charge is 2.47. The van der Waals surface area contributed by atoms with E-state index in [0.717, 1.165) is 0 Å². The molecule has 21 heavy (non-hydrogen) atoms.